The lowest BCUT2D eigenvalue weighted by Gasteiger charge is -2.21. The van der Waals surface area contributed by atoms with Gasteiger partial charge in [-0.2, -0.15) is 0 Å². The van der Waals surface area contributed by atoms with Crippen molar-refractivity contribution in [3.8, 4) is 0 Å². The van der Waals surface area contributed by atoms with E-state index >= 15 is 0 Å². The average molecular weight is 411 g/mol. The number of amides is 1. The van der Waals surface area contributed by atoms with Crippen LogP contribution in [-0.2, 0) is 9.53 Å². The van der Waals surface area contributed by atoms with Gasteiger partial charge in [0.15, 0.2) is 6.04 Å². The van der Waals surface area contributed by atoms with Crippen molar-refractivity contribution in [2.75, 3.05) is 0 Å². The van der Waals surface area contributed by atoms with E-state index in [2.05, 4.69) is 21.2 Å². The fraction of sp³-hybridized carbons (Fsp3) is 0.353. The molecule has 25 heavy (non-hydrogen) atoms. The van der Waals surface area contributed by atoms with Crippen LogP contribution < -0.4 is 5.32 Å². The summed E-state index contributed by atoms with van der Waals surface area (Å²) in [6, 6.07) is 3.80. The van der Waals surface area contributed by atoms with Gasteiger partial charge in [0.25, 0.3) is 0 Å². The molecule has 1 aromatic heterocycles. The zero-order valence-corrected chi connectivity index (χ0v) is 15.9. The molecule has 0 bridgehead atoms. The minimum atomic E-state index is -1.35. The summed E-state index contributed by atoms with van der Waals surface area (Å²) >= 11 is 3.33. The van der Waals surface area contributed by atoms with E-state index in [0.717, 1.165) is 4.47 Å². The summed E-state index contributed by atoms with van der Waals surface area (Å²) in [5, 5.41) is 12.5. The molecule has 2 aromatic rings. The topological polar surface area (TPSA) is 97.6 Å². The molecule has 2 N–H and O–H groups in total. The Morgan fingerprint density at radius 1 is 1.28 bits per heavy atom. The summed E-state index contributed by atoms with van der Waals surface area (Å²) in [4.78, 5) is 35.6. The average Bonchev–Trinajstić information content (AvgIpc) is 2.81. The highest BCUT2D eigenvalue weighted by Crippen LogP contribution is 2.29. The summed E-state index contributed by atoms with van der Waals surface area (Å²) in [6.07, 6.45) is 0.580. The van der Waals surface area contributed by atoms with Gasteiger partial charge in [0.2, 0.25) is 5.91 Å². The second kappa shape index (κ2) is 6.87. The van der Waals surface area contributed by atoms with Crippen LogP contribution in [0.25, 0.3) is 10.9 Å². The van der Waals surface area contributed by atoms with Crippen LogP contribution in [0.15, 0.2) is 28.9 Å². The molecule has 0 aliphatic heterocycles. The number of nitrogens with one attached hydrogen (secondary N) is 1. The number of carbonyl (C=O) groups is 3. The Bertz CT molecular complexity index is 851. The van der Waals surface area contributed by atoms with Crippen molar-refractivity contribution < 1.29 is 24.2 Å². The van der Waals surface area contributed by atoms with Crippen molar-refractivity contribution in [3.63, 3.8) is 0 Å². The second-order valence-electron chi connectivity index (χ2n) is 6.55. The zero-order chi connectivity index (χ0) is 18.9. The fourth-order valence-corrected chi connectivity index (χ4v) is 2.76. The molecule has 7 nitrogen and oxygen atoms in total. The third-order valence-corrected chi connectivity index (χ3v) is 3.85. The minimum Gasteiger partial charge on any atom is -0.479 e. The normalized spacial score (nSPS) is 12.7. The van der Waals surface area contributed by atoms with Gasteiger partial charge >= 0.3 is 12.1 Å². The van der Waals surface area contributed by atoms with Crippen molar-refractivity contribution in [2.24, 2.45) is 0 Å². The van der Waals surface area contributed by atoms with E-state index in [4.69, 9.17) is 4.74 Å². The Balaban J connectivity index is 2.50. The van der Waals surface area contributed by atoms with E-state index in [1.54, 1.807) is 39.0 Å². The number of rotatable bonds is 3. The first-order chi connectivity index (χ1) is 11.5. The van der Waals surface area contributed by atoms with Gasteiger partial charge in [0.05, 0.1) is 5.52 Å². The molecule has 0 radical (unpaired) electrons. The highest BCUT2D eigenvalue weighted by Gasteiger charge is 2.29. The third-order valence-electron chi connectivity index (χ3n) is 3.36. The van der Waals surface area contributed by atoms with Crippen LogP contribution >= 0.6 is 15.9 Å². The minimum absolute atomic E-state index is 0.268. The van der Waals surface area contributed by atoms with Crippen LogP contribution in [0, 0.1) is 0 Å². The van der Waals surface area contributed by atoms with Gasteiger partial charge < -0.3 is 15.2 Å². The molecule has 1 heterocycles. The van der Waals surface area contributed by atoms with E-state index in [1.165, 1.54) is 17.7 Å². The Hall–Kier alpha value is -2.35. The summed E-state index contributed by atoms with van der Waals surface area (Å²) in [6.45, 7) is 6.42. The van der Waals surface area contributed by atoms with Crippen LogP contribution in [-0.4, -0.2) is 33.2 Å². The van der Waals surface area contributed by atoms with Gasteiger partial charge in [-0.05, 0) is 32.9 Å². The van der Waals surface area contributed by atoms with Gasteiger partial charge in [-0.1, -0.05) is 22.0 Å². The smallest absolute Gasteiger partial charge is 0.408 e. The summed E-state index contributed by atoms with van der Waals surface area (Å²) in [5.41, 5.74) is 0.0935. The lowest BCUT2D eigenvalue weighted by atomic mass is 10.1. The number of carboxylic acids is 1. The molecule has 1 unspecified atom stereocenters. The quantitative estimate of drug-likeness (QED) is 0.803. The number of fused-ring (bicyclic) bond motifs is 1. The van der Waals surface area contributed by atoms with Crippen molar-refractivity contribution in [3.05, 3.63) is 34.4 Å². The molecular formula is C17H19BrN2O5. The highest BCUT2D eigenvalue weighted by molar-refractivity contribution is 9.10. The van der Waals surface area contributed by atoms with Gasteiger partial charge in [0, 0.05) is 28.5 Å². The Kier molecular flexibility index (Phi) is 5.22. The molecule has 0 aliphatic rings. The molecule has 8 heteroatoms. The number of halogens is 1. The van der Waals surface area contributed by atoms with E-state index in [9.17, 15) is 19.5 Å². The fourth-order valence-electron chi connectivity index (χ4n) is 2.41. The maximum Gasteiger partial charge on any atom is 0.408 e. The van der Waals surface area contributed by atoms with Gasteiger partial charge in [-0.25, -0.2) is 9.59 Å². The first-order valence-electron chi connectivity index (χ1n) is 7.53. The first kappa shape index (κ1) is 19.0. The number of benzene rings is 1. The number of aliphatic carboxylic acids is 1. The lowest BCUT2D eigenvalue weighted by molar-refractivity contribution is -0.139. The molecule has 2 rings (SSSR count). The predicted molar refractivity (Wildman–Crippen MR) is 95.7 cm³/mol. The largest absolute Gasteiger partial charge is 0.479 e. The lowest BCUT2D eigenvalue weighted by Crippen LogP contribution is -2.38. The predicted octanol–water partition coefficient (Wildman–Crippen LogP) is 3.71. The molecular weight excluding hydrogens is 392 g/mol. The van der Waals surface area contributed by atoms with E-state index in [-0.39, 0.29) is 5.91 Å². The molecule has 0 fully saturated rings. The van der Waals surface area contributed by atoms with Crippen LogP contribution in [0.1, 0.15) is 44.1 Å². The highest BCUT2D eigenvalue weighted by atomic mass is 79.9. The van der Waals surface area contributed by atoms with Crippen LogP contribution in [0.2, 0.25) is 0 Å². The molecule has 0 spiro atoms. The van der Waals surface area contributed by atoms with E-state index in [1.807, 2.05) is 0 Å². The molecule has 0 saturated carbocycles. The summed E-state index contributed by atoms with van der Waals surface area (Å²) in [5.74, 6) is -1.52. The number of nitrogens with zero attached hydrogens (tertiary/aromatic N) is 1. The van der Waals surface area contributed by atoms with Crippen LogP contribution in [0.3, 0.4) is 0 Å². The molecule has 0 saturated heterocycles. The SMILES string of the molecule is CC(=O)n1cc(C(NC(=O)OC(C)(C)C)C(=O)O)c2ccc(Br)cc21. The Morgan fingerprint density at radius 2 is 1.92 bits per heavy atom. The van der Waals surface area contributed by atoms with Crippen molar-refractivity contribution in [1.29, 1.82) is 0 Å². The number of hydrogen-bond donors (Lipinski definition) is 2. The van der Waals surface area contributed by atoms with Gasteiger partial charge in [-0.15, -0.1) is 0 Å². The molecule has 134 valence electrons. The summed E-state index contributed by atoms with van der Waals surface area (Å²) in [7, 11) is 0. The molecule has 1 amide bonds. The van der Waals surface area contributed by atoms with Crippen LogP contribution in [0.4, 0.5) is 4.79 Å². The van der Waals surface area contributed by atoms with Gasteiger partial charge in [0.1, 0.15) is 5.60 Å². The van der Waals surface area contributed by atoms with Crippen molar-refractivity contribution >= 4 is 44.8 Å². The standard InChI is InChI=1S/C17H19BrN2O5/c1-9(21)20-8-12(11-6-5-10(18)7-13(11)20)14(15(22)23)19-16(24)25-17(2,3)4/h5-8,14H,1-4H3,(H,19,24)(H,22,23). The monoisotopic (exact) mass is 410 g/mol. The number of aromatic nitrogens is 1. The third kappa shape index (κ3) is 4.39. The number of ether oxygens (including phenoxy) is 1. The van der Waals surface area contributed by atoms with Crippen LogP contribution in [0.5, 0.6) is 0 Å². The number of carboxylic acid groups (broad SMARTS) is 1. The van der Waals surface area contributed by atoms with Crippen molar-refractivity contribution in [1.82, 2.24) is 9.88 Å². The molecule has 1 aromatic carbocycles. The number of carbonyl (C=O) groups excluding carboxylic acids is 2. The van der Waals surface area contributed by atoms with E-state index < -0.39 is 23.7 Å². The number of hydrogen-bond acceptors (Lipinski definition) is 4. The van der Waals surface area contributed by atoms with Gasteiger partial charge in [-0.3, -0.25) is 9.36 Å². The first-order valence-corrected chi connectivity index (χ1v) is 8.32. The Labute approximate surface area is 153 Å². The zero-order valence-electron chi connectivity index (χ0n) is 14.3. The maximum absolute atomic E-state index is 12.0. The molecule has 1 atom stereocenters. The second-order valence-corrected chi connectivity index (χ2v) is 7.47. The summed E-state index contributed by atoms with van der Waals surface area (Å²) < 4.78 is 7.23. The maximum atomic E-state index is 12.0. The van der Waals surface area contributed by atoms with Crippen molar-refractivity contribution in [2.45, 2.75) is 39.3 Å². The van der Waals surface area contributed by atoms with E-state index in [0.29, 0.717) is 16.5 Å². The number of alkyl carbamates (subject to hydrolysis) is 1. The Morgan fingerprint density at radius 3 is 2.44 bits per heavy atom. The molecule has 0 aliphatic carbocycles.